The molecule has 3 rings (SSSR count). The van der Waals surface area contributed by atoms with Crippen LogP contribution < -0.4 is 5.32 Å². The molecule has 1 aromatic rings. The van der Waals surface area contributed by atoms with E-state index in [4.69, 9.17) is 4.74 Å². The number of rotatable bonds is 4. The average Bonchev–Trinajstić information content (AvgIpc) is 3.00. The molecule has 6 heteroatoms. The summed E-state index contributed by atoms with van der Waals surface area (Å²) in [6.07, 6.45) is 5.69. The zero-order chi connectivity index (χ0) is 14.7. The Morgan fingerprint density at radius 1 is 1.57 bits per heavy atom. The van der Waals surface area contributed by atoms with Gasteiger partial charge in [-0.1, -0.05) is 6.92 Å². The molecule has 1 fully saturated rings. The third-order valence-corrected chi connectivity index (χ3v) is 4.28. The normalized spacial score (nSPS) is 25.7. The van der Waals surface area contributed by atoms with Gasteiger partial charge in [-0.05, 0) is 19.3 Å². The van der Waals surface area contributed by atoms with Crippen LogP contribution >= 0.6 is 0 Å². The van der Waals surface area contributed by atoms with Crippen LogP contribution in [-0.4, -0.2) is 52.6 Å². The fourth-order valence-electron chi connectivity index (χ4n) is 3.12. The fourth-order valence-corrected chi connectivity index (χ4v) is 3.12. The topological polar surface area (TPSA) is 70.2 Å². The number of ether oxygens (including phenoxy) is 1. The van der Waals surface area contributed by atoms with Crippen molar-refractivity contribution in [3.05, 3.63) is 17.7 Å². The SMILES string of the molecule is CCCOC1CCCN(C(=O)C2Cc3nc[nH]c3CN2)C1. The number of likely N-dealkylation sites (tertiary alicyclic amines) is 1. The number of H-pyrrole nitrogens is 1. The molecule has 0 aliphatic carbocycles. The second kappa shape index (κ2) is 6.58. The van der Waals surface area contributed by atoms with E-state index >= 15 is 0 Å². The molecule has 1 saturated heterocycles. The maximum atomic E-state index is 12.7. The first kappa shape index (κ1) is 14.5. The number of amides is 1. The van der Waals surface area contributed by atoms with E-state index in [2.05, 4.69) is 22.2 Å². The molecule has 0 radical (unpaired) electrons. The lowest BCUT2D eigenvalue weighted by Gasteiger charge is -2.35. The Hall–Kier alpha value is -1.40. The van der Waals surface area contributed by atoms with Crippen LogP contribution in [0.25, 0.3) is 0 Å². The Labute approximate surface area is 125 Å². The number of hydrogen-bond acceptors (Lipinski definition) is 4. The first-order valence-corrected chi connectivity index (χ1v) is 7.92. The average molecular weight is 292 g/mol. The highest BCUT2D eigenvalue weighted by Gasteiger charge is 2.32. The molecule has 6 nitrogen and oxygen atoms in total. The van der Waals surface area contributed by atoms with Crippen molar-refractivity contribution in [2.45, 2.75) is 51.3 Å². The number of nitrogens with zero attached hydrogens (tertiary/aromatic N) is 2. The quantitative estimate of drug-likeness (QED) is 0.863. The summed E-state index contributed by atoms with van der Waals surface area (Å²) < 4.78 is 5.81. The molecule has 2 aliphatic heterocycles. The van der Waals surface area contributed by atoms with E-state index in [0.717, 1.165) is 50.3 Å². The van der Waals surface area contributed by atoms with Crippen molar-refractivity contribution in [2.75, 3.05) is 19.7 Å². The minimum atomic E-state index is -0.147. The van der Waals surface area contributed by atoms with Crippen LogP contribution in [0.3, 0.4) is 0 Å². The fraction of sp³-hybridized carbons (Fsp3) is 0.733. The van der Waals surface area contributed by atoms with E-state index in [0.29, 0.717) is 13.0 Å². The summed E-state index contributed by atoms with van der Waals surface area (Å²) in [6, 6.07) is -0.147. The van der Waals surface area contributed by atoms with Crippen LogP contribution in [0.5, 0.6) is 0 Å². The number of aromatic nitrogens is 2. The summed E-state index contributed by atoms with van der Waals surface area (Å²) in [4.78, 5) is 22.0. The van der Waals surface area contributed by atoms with Crippen LogP contribution in [-0.2, 0) is 22.5 Å². The van der Waals surface area contributed by atoms with Gasteiger partial charge in [0.05, 0.1) is 29.9 Å². The Bertz CT molecular complexity index is 488. The molecular formula is C15H24N4O2. The Kier molecular flexibility index (Phi) is 4.55. The van der Waals surface area contributed by atoms with Gasteiger partial charge in [-0.25, -0.2) is 4.98 Å². The minimum Gasteiger partial charge on any atom is -0.376 e. The monoisotopic (exact) mass is 292 g/mol. The van der Waals surface area contributed by atoms with Crippen LogP contribution in [0, 0.1) is 0 Å². The number of nitrogens with one attached hydrogen (secondary N) is 2. The lowest BCUT2D eigenvalue weighted by molar-refractivity contribution is -0.137. The van der Waals surface area contributed by atoms with Crippen molar-refractivity contribution in [3.63, 3.8) is 0 Å². The molecule has 2 N–H and O–H groups in total. The van der Waals surface area contributed by atoms with Crippen molar-refractivity contribution in [3.8, 4) is 0 Å². The molecule has 3 heterocycles. The number of piperidine rings is 1. The summed E-state index contributed by atoms with van der Waals surface area (Å²) in [6.45, 7) is 5.15. The van der Waals surface area contributed by atoms with E-state index < -0.39 is 0 Å². The highest BCUT2D eigenvalue weighted by Crippen LogP contribution is 2.18. The predicted octanol–water partition coefficient (Wildman–Crippen LogP) is 0.842. The van der Waals surface area contributed by atoms with Gasteiger partial charge in [0.15, 0.2) is 0 Å². The number of fused-ring (bicyclic) bond motifs is 1. The van der Waals surface area contributed by atoms with Crippen molar-refractivity contribution >= 4 is 5.91 Å². The number of imidazole rings is 1. The second-order valence-electron chi connectivity index (χ2n) is 5.88. The zero-order valence-corrected chi connectivity index (χ0v) is 12.6. The molecule has 116 valence electrons. The molecule has 0 aromatic carbocycles. The van der Waals surface area contributed by atoms with E-state index in [9.17, 15) is 4.79 Å². The van der Waals surface area contributed by atoms with Gasteiger partial charge in [-0.15, -0.1) is 0 Å². The second-order valence-corrected chi connectivity index (χ2v) is 5.88. The molecule has 1 amide bonds. The van der Waals surface area contributed by atoms with Crippen molar-refractivity contribution in [1.29, 1.82) is 0 Å². The largest absolute Gasteiger partial charge is 0.376 e. The van der Waals surface area contributed by atoms with Crippen LogP contribution in [0.1, 0.15) is 37.6 Å². The highest BCUT2D eigenvalue weighted by atomic mass is 16.5. The number of hydrogen-bond donors (Lipinski definition) is 2. The third-order valence-electron chi connectivity index (χ3n) is 4.28. The van der Waals surface area contributed by atoms with E-state index in [1.54, 1.807) is 6.33 Å². The van der Waals surface area contributed by atoms with E-state index in [1.165, 1.54) is 0 Å². The molecule has 2 unspecified atom stereocenters. The molecule has 2 aliphatic rings. The molecule has 1 aromatic heterocycles. The van der Waals surface area contributed by atoms with E-state index in [1.807, 2.05) is 4.90 Å². The van der Waals surface area contributed by atoms with Gasteiger partial charge in [0, 0.05) is 32.7 Å². The Balaban J connectivity index is 1.58. The number of aromatic amines is 1. The smallest absolute Gasteiger partial charge is 0.240 e. The first-order valence-electron chi connectivity index (χ1n) is 7.92. The first-order chi connectivity index (χ1) is 10.3. The Morgan fingerprint density at radius 3 is 3.33 bits per heavy atom. The summed E-state index contributed by atoms with van der Waals surface area (Å²) in [5.74, 6) is 0.188. The van der Waals surface area contributed by atoms with Gasteiger partial charge in [0.1, 0.15) is 0 Å². The lowest BCUT2D eigenvalue weighted by Crippen LogP contribution is -2.53. The highest BCUT2D eigenvalue weighted by molar-refractivity contribution is 5.82. The molecule has 0 spiro atoms. The summed E-state index contributed by atoms with van der Waals surface area (Å²) in [5, 5.41) is 3.31. The van der Waals surface area contributed by atoms with Gasteiger partial charge in [0.25, 0.3) is 0 Å². The molecule has 2 atom stereocenters. The van der Waals surface area contributed by atoms with Crippen molar-refractivity contribution in [1.82, 2.24) is 20.2 Å². The predicted molar refractivity (Wildman–Crippen MR) is 78.8 cm³/mol. The molecule has 0 saturated carbocycles. The summed E-state index contributed by atoms with van der Waals surface area (Å²) in [7, 11) is 0. The van der Waals surface area contributed by atoms with Gasteiger partial charge < -0.3 is 14.6 Å². The van der Waals surface area contributed by atoms with Gasteiger partial charge >= 0.3 is 0 Å². The maximum Gasteiger partial charge on any atom is 0.240 e. The van der Waals surface area contributed by atoms with Crippen LogP contribution in [0.15, 0.2) is 6.33 Å². The lowest BCUT2D eigenvalue weighted by atomic mass is 10.0. The third kappa shape index (κ3) is 3.27. The van der Waals surface area contributed by atoms with Gasteiger partial charge in [0.2, 0.25) is 5.91 Å². The molecule has 21 heavy (non-hydrogen) atoms. The standard InChI is InChI=1S/C15H24N4O2/c1-2-6-21-11-4-3-5-19(9-11)15(20)13-7-12-14(8-16-13)18-10-17-12/h10-11,13,16H,2-9H2,1H3,(H,17,18). The van der Waals surface area contributed by atoms with E-state index in [-0.39, 0.29) is 18.1 Å². The van der Waals surface area contributed by atoms with Crippen LogP contribution in [0.2, 0.25) is 0 Å². The minimum absolute atomic E-state index is 0.147. The molecular weight excluding hydrogens is 268 g/mol. The Morgan fingerprint density at radius 2 is 2.48 bits per heavy atom. The zero-order valence-electron chi connectivity index (χ0n) is 12.6. The number of carbonyl (C=O) groups is 1. The molecule has 0 bridgehead atoms. The van der Waals surface area contributed by atoms with Crippen molar-refractivity contribution < 1.29 is 9.53 Å². The maximum absolute atomic E-state index is 12.7. The summed E-state index contributed by atoms with van der Waals surface area (Å²) >= 11 is 0. The number of carbonyl (C=O) groups excluding carboxylic acids is 1. The summed E-state index contributed by atoms with van der Waals surface area (Å²) in [5.41, 5.74) is 2.12. The van der Waals surface area contributed by atoms with Gasteiger partial charge in [-0.3, -0.25) is 10.1 Å². The van der Waals surface area contributed by atoms with Gasteiger partial charge in [-0.2, -0.15) is 0 Å². The van der Waals surface area contributed by atoms with Crippen molar-refractivity contribution in [2.24, 2.45) is 0 Å². The van der Waals surface area contributed by atoms with Crippen LogP contribution in [0.4, 0.5) is 0 Å².